The molecule has 6 heteroatoms. The van der Waals surface area contributed by atoms with Gasteiger partial charge in [-0.25, -0.2) is 8.78 Å². The zero-order valence-corrected chi connectivity index (χ0v) is 13.9. The van der Waals surface area contributed by atoms with Gasteiger partial charge in [0.15, 0.2) is 11.6 Å². The third-order valence-corrected chi connectivity index (χ3v) is 4.58. The van der Waals surface area contributed by atoms with Gasteiger partial charge >= 0.3 is 0 Å². The molecule has 0 aromatic heterocycles. The van der Waals surface area contributed by atoms with Crippen molar-refractivity contribution in [2.75, 3.05) is 11.1 Å². The molecule has 21 heavy (non-hydrogen) atoms. The zero-order chi connectivity index (χ0) is 15.2. The maximum Gasteiger partial charge on any atom is 0.234 e. The van der Waals surface area contributed by atoms with Gasteiger partial charge in [0.1, 0.15) is 0 Å². The van der Waals surface area contributed by atoms with Crippen molar-refractivity contribution in [2.24, 2.45) is 0 Å². The summed E-state index contributed by atoms with van der Waals surface area (Å²) in [5.74, 6) is -1.14. The van der Waals surface area contributed by atoms with Gasteiger partial charge in [-0.15, -0.1) is 11.8 Å². The minimum Gasteiger partial charge on any atom is -0.324 e. The van der Waals surface area contributed by atoms with E-state index < -0.39 is 11.6 Å². The van der Waals surface area contributed by atoms with E-state index in [0.29, 0.717) is 11.3 Å². The summed E-state index contributed by atoms with van der Waals surface area (Å²) in [7, 11) is 0. The molecule has 0 atom stereocenters. The summed E-state index contributed by atoms with van der Waals surface area (Å²) < 4.78 is 26.8. The van der Waals surface area contributed by atoms with Gasteiger partial charge in [-0.05, 0) is 52.4 Å². The van der Waals surface area contributed by atoms with Crippen molar-refractivity contribution >= 4 is 45.9 Å². The van der Waals surface area contributed by atoms with Crippen LogP contribution in [0.5, 0.6) is 0 Å². The van der Waals surface area contributed by atoms with Crippen LogP contribution in [0.3, 0.4) is 0 Å². The number of amides is 1. The fourth-order valence-electron chi connectivity index (χ4n) is 1.64. The molecule has 0 saturated heterocycles. The SMILES string of the molecule is O=C(CSCc1ccc(F)c(F)c1)Nc1ccccc1I. The molecule has 0 unspecified atom stereocenters. The Hall–Kier alpha value is -1.15. The molecule has 110 valence electrons. The maximum atomic E-state index is 13.0. The molecule has 0 bridgehead atoms. The molecule has 0 fully saturated rings. The Morgan fingerprint density at radius 2 is 1.90 bits per heavy atom. The van der Waals surface area contributed by atoms with Gasteiger partial charge in [0.2, 0.25) is 5.91 Å². The zero-order valence-electron chi connectivity index (χ0n) is 10.9. The van der Waals surface area contributed by atoms with E-state index in [1.54, 1.807) is 0 Å². The molecule has 2 nitrogen and oxygen atoms in total. The van der Waals surface area contributed by atoms with Crippen LogP contribution in [0, 0.1) is 15.2 Å². The third-order valence-electron chi connectivity index (χ3n) is 2.63. The van der Waals surface area contributed by atoms with Gasteiger partial charge in [-0.1, -0.05) is 18.2 Å². The quantitative estimate of drug-likeness (QED) is 0.727. The number of carbonyl (C=O) groups is 1. The first kappa shape index (κ1) is 16.2. The van der Waals surface area contributed by atoms with Crippen LogP contribution in [-0.4, -0.2) is 11.7 Å². The third kappa shape index (κ3) is 4.96. The van der Waals surface area contributed by atoms with Crippen molar-refractivity contribution in [2.45, 2.75) is 5.75 Å². The lowest BCUT2D eigenvalue weighted by molar-refractivity contribution is -0.113. The van der Waals surface area contributed by atoms with Crippen LogP contribution in [0.15, 0.2) is 42.5 Å². The summed E-state index contributed by atoms with van der Waals surface area (Å²) in [6.07, 6.45) is 0. The Balaban J connectivity index is 1.82. The standard InChI is InChI=1S/C15H12F2INOS/c16-11-6-5-10(7-12(11)17)8-21-9-15(20)19-14-4-2-1-3-13(14)18/h1-7H,8-9H2,(H,19,20). The molecule has 2 aromatic carbocycles. The van der Waals surface area contributed by atoms with Crippen LogP contribution < -0.4 is 5.32 Å². The fourth-order valence-corrected chi connectivity index (χ4v) is 2.94. The topological polar surface area (TPSA) is 29.1 Å². The maximum absolute atomic E-state index is 13.0. The van der Waals surface area contributed by atoms with Crippen LogP contribution >= 0.6 is 34.4 Å². The van der Waals surface area contributed by atoms with E-state index in [2.05, 4.69) is 27.9 Å². The lowest BCUT2D eigenvalue weighted by Crippen LogP contribution is -2.14. The van der Waals surface area contributed by atoms with E-state index in [4.69, 9.17) is 0 Å². The molecule has 0 spiro atoms. The van der Waals surface area contributed by atoms with Crippen LogP contribution in [-0.2, 0) is 10.5 Å². The number of rotatable bonds is 5. The number of nitrogens with one attached hydrogen (secondary N) is 1. The van der Waals surface area contributed by atoms with Crippen molar-refractivity contribution in [1.29, 1.82) is 0 Å². The predicted octanol–water partition coefficient (Wildman–Crippen LogP) is 4.44. The number of para-hydroxylation sites is 1. The first-order chi connectivity index (χ1) is 10.1. The number of hydrogen-bond donors (Lipinski definition) is 1. The Morgan fingerprint density at radius 3 is 2.62 bits per heavy atom. The molecular weight excluding hydrogens is 407 g/mol. The second kappa shape index (κ2) is 7.74. The number of benzene rings is 2. The molecule has 1 amide bonds. The number of carbonyl (C=O) groups excluding carboxylic acids is 1. The van der Waals surface area contributed by atoms with Crippen molar-refractivity contribution in [1.82, 2.24) is 0 Å². The summed E-state index contributed by atoms with van der Waals surface area (Å²) in [6, 6.07) is 11.3. The van der Waals surface area contributed by atoms with E-state index in [-0.39, 0.29) is 11.7 Å². The minimum absolute atomic E-state index is 0.119. The highest BCUT2D eigenvalue weighted by Crippen LogP contribution is 2.18. The van der Waals surface area contributed by atoms with Crippen molar-refractivity contribution in [3.05, 3.63) is 63.2 Å². The summed E-state index contributed by atoms with van der Waals surface area (Å²) in [5.41, 5.74) is 1.43. The lowest BCUT2D eigenvalue weighted by Gasteiger charge is -2.07. The largest absolute Gasteiger partial charge is 0.324 e. The Kier molecular flexibility index (Phi) is 5.98. The van der Waals surface area contributed by atoms with E-state index in [0.717, 1.165) is 21.4 Å². The number of anilines is 1. The van der Waals surface area contributed by atoms with Gasteiger partial charge in [0.25, 0.3) is 0 Å². The molecule has 1 N–H and O–H groups in total. The lowest BCUT2D eigenvalue weighted by atomic mass is 10.2. The Labute approximate surface area is 139 Å². The summed E-state index contributed by atoms with van der Waals surface area (Å²) >= 11 is 3.50. The first-order valence-corrected chi connectivity index (χ1v) is 8.35. The monoisotopic (exact) mass is 419 g/mol. The second-order valence-electron chi connectivity index (χ2n) is 4.27. The van der Waals surface area contributed by atoms with Gasteiger partial charge in [0.05, 0.1) is 11.4 Å². The highest BCUT2D eigenvalue weighted by Gasteiger charge is 2.07. The summed E-state index contributed by atoms with van der Waals surface area (Å²) in [4.78, 5) is 11.8. The van der Waals surface area contributed by atoms with Gasteiger partial charge in [-0.3, -0.25) is 4.79 Å². The molecule has 2 aromatic rings. The van der Waals surface area contributed by atoms with Crippen LogP contribution in [0.4, 0.5) is 14.5 Å². The number of hydrogen-bond acceptors (Lipinski definition) is 2. The predicted molar refractivity (Wildman–Crippen MR) is 90.3 cm³/mol. The molecule has 2 rings (SSSR count). The molecule has 0 radical (unpaired) electrons. The second-order valence-corrected chi connectivity index (χ2v) is 6.42. The van der Waals surface area contributed by atoms with E-state index in [1.807, 2.05) is 24.3 Å². The summed E-state index contributed by atoms with van der Waals surface area (Å²) in [6.45, 7) is 0. The molecule has 0 aliphatic heterocycles. The average Bonchev–Trinajstić information content (AvgIpc) is 2.45. The number of thioether (sulfide) groups is 1. The van der Waals surface area contributed by atoms with Crippen molar-refractivity contribution < 1.29 is 13.6 Å². The van der Waals surface area contributed by atoms with Gasteiger partial charge < -0.3 is 5.32 Å². The van der Waals surface area contributed by atoms with E-state index in [9.17, 15) is 13.6 Å². The van der Waals surface area contributed by atoms with Crippen molar-refractivity contribution in [3.63, 3.8) is 0 Å². The molecular formula is C15H12F2INOS. The van der Waals surface area contributed by atoms with Gasteiger partial charge in [0, 0.05) is 9.32 Å². The minimum atomic E-state index is -0.864. The van der Waals surface area contributed by atoms with Crippen LogP contribution in [0.2, 0.25) is 0 Å². The average molecular weight is 419 g/mol. The van der Waals surface area contributed by atoms with E-state index >= 15 is 0 Å². The molecule has 0 aliphatic carbocycles. The molecule has 0 saturated carbocycles. The fraction of sp³-hybridized carbons (Fsp3) is 0.133. The Morgan fingerprint density at radius 1 is 1.14 bits per heavy atom. The van der Waals surface area contributed by atoms with E-state index in [1.165, 1.54) is 17.8 Å². The summed E-state index contributed by atoms with van der Waals surface area (Å²) in [5, 5.41) is 2.82. The molecule has 0 aliphatic rings. The first-order valence-electron chi connectivity index (χ1n) is 6.12. The smallest absolute Gasteiger partial charge is 0.234 e. The van der Waals surface area contributed by atoms with Crippen molar-refractivity contribution in [3.8, 4) is 0 Å². The number of halogens is 3. The highest BCUT2D eigenvalue weighted by molar-refractivity contribution is 14.1. The van der Waals surface area contributed by atoms with Gasteiger partial charge in [-0.2, -0.15) is 0 Å². The highest BCUT2D eigenvalue weighted by atomic mass is 127. The molecule has 0 heterocycles. The normalized spacial score (nSPS) is 10.4. The van der Waals surface area contributed by atoms with Crippen LogP contribution in [0.1, 0.15) is 5.56 Å². The Bertz CT molecular complexity index is 651. The van der Waals surface area contributed by atoms with Crippen LogP contribution in [0.25, 0.3) is 0 Å².